The summed E-state index contributed by atoms with van der Waals surface area (Å²) < 4.78 is 25.2. The minimum atomic E-state index is -3.61. The van der Waals surface area contributed by atoms with E-state index in [2.05, 4.69) is 15.5 Å². The second kappa shape index (κ2) is 7.89. The Morgan fingerprint density at radius 2 is 1.96 bits per heavy atom. The lowest BCUT2D eigenvalue weighted by Gasteiger charge is -2.22. The second-order valence-corrected chi connectivity index (χ2v) is 7.60. The highest BCUT2D eigenvalue weighted by Gasteiger charge is 2.21. The number of hydrogen-bond acceptors (Lipinski definition) is 5. The first-order valence-electron chi connectivity index (χ1n) is 7.53. The van der Waals surface area contributed by atoms with Crippen LogP contribution in [0.5, 0.6) is 0 Å². The van der Waals surface area contributed by atoms with E-state index in [1.807, 2.05) is 19.9 Å². The van der Waals surface area contributed by atoms with Crippen LogP contribution in [0.25, 0.3) is 0 Å². The van der Waals surface area contributed by atoms with Gasteiger partial charge in [0.25, 0.3) is 5.91 Å². The van der Waals surface area contributed by atoms with Crippen molar-refractivity contribution in [2.24, 2.45) is 5.10 Å². The number of benzene rings is 1. The number of rotatable bonds is 6. The molecule has 0 atom stereocenters. The molecule has 0 aliphatic carbocycles. The minimum absolute atomic E-state index is 0.355. The Labute approximate surface area is 147 Å². The summed E-state index contributed by atoms with van der Waals surface area (Å²) in [7, 11) is -3.61. The number of nitrogens with zero attached hydrogens (tertiary/aromatic N) is 3. The van der Waals surface area contributed by atoms with Crippen LogP contribution in [0.1, 0.15) is 16.7 Å². The molecule has 0 bridgehead atoms. The van der Waals surface area contributed by atoms with E-state index in [4.69, 9.17) is 0 Å². The van der Waals surface area contributed by atoms with Crippen LogP contribution >= 0.6 is 0 Å². The average molecular weight is 360 g/mol. The Balaban J connectivity index is 2.12. The molecular weight excluding hydrogens is 340 g/mol. The number of sulfonamides is 1. The summed E-state index contributed by atoms with van der Waals surface area (Å²) in [6.07, 6.45) is 5.72. The maximum absolute atomic E-state index is 12.1. The van der Waals surface area contributed by atoms with Crippen molar-refractivity contribution in [2.75, 3.05) is 17.1 Å². The van der Waals surface area contributed by atoms with Crippen LogP contribution in [0.3, 0.4) is 0 Å². The van der Waals surface area contributed by atoms with Crippen molar-refractivity contribution in [1.82, 2.24) is 10.4 Å². The molecule has 2 aromatic rings. The van der Waals surface area contributed by atoms with Gasteiger partial charge in [0.2, 0.25) is 10.0 Å². The van der Waals surface area contributed by atoms with E-state index >= 15 is 0 Å². The summed E-state index contributed by atoms with van der Waals surface area (Å²) in [6, 6.07) is 8.90. The lowest BCUT2D eigenvalue weighted by atomic mass is 10.1. The maximum atomic E-state index is 12.1. The zero-order valence-electron chi connectivity index (χ0n) is 14.3. The van der Waals surface area contributed by atoms with Gasteiger partial charge in [-0.2, -0.15) is 5.10 Å². The Morgan fingerprint density at radius 1 is 1.28 bits per heavy atom. The number of hydrogen-bond donors (Lipinski definition) is 1. The van der Waals surface area contributed by atoms with E-state index in [1.54, 1.807) is 36.7 Å². The molecule has 8 heteroatoms. The fraction of sp³-hybridized carbons (Fsp3) is 0.235. The molecule has 25 heavy (non-hydrogen) atoms. The van der Waals surface area contributed by atoms with Gasteiger partial charge in [0.05, 0.1) is 18.2 Å². The van der Waals surface area contributed by atoms with E-state index in [-0.39, 0.29) is 6.54 Å². The number of amides is 1. The van der Waals surface area contributed by atoms with Gasteiger partial charge in [-0.1, -0.05) is 12.1 Å². The van der Waals surface area contributed by atoms with Crippen molar-refractivity contribution >= 4 is 27.8 Å². The molecule has 0 aliphatic rings. The van der Waals surface area contributed by atoms with Gasteiger partial charge in [-0.3, -0.25) is 14.1 Å². The SMILES string of the molecule is Cc1cc(C)cc(N(CC(=O)N/N=C\c2cccnc2)S(C)(=O)=O)c1. The summed E-state index contributed by atoms with van der Waals surface area (Å²) >= 11 is 0. The lowest BCUT2D eigenvalue weighted by molar-refractivity contribution is -0.119. The highest BCUT2D eigenvalue weighted by atomic mass is 32.2. The molecule has 7 nitrogen and oxygen atoms in total. The number of nitrogens with one attached hydrogen (secondary N) is 1. The molecule has 0 radical (unpaired) electrons. The van der Waals surface area contributed by atoms with Gasteiger partial charge in [0.1, 0.15) is 6.54 Å². The summed E-state index contributed by atoms with van der Waals surface area (Å²) in [6.45, 7) is 3.39. The normalized spacial score (nSPS) is 11.5. The van der Waals surface area contributed by atoms with Crippen LogP contribution in [0.15, 0.2) is 47.8 Å². The van der Waals surface area contributed by atoms with Gasteiger partial charge in [0, 0.05) is 18.0 Å². The van der Waals surface area contributed by atoms with Gasteiger partial charge in [-0.15, -0.1) is 0 Å². The second-order valence-electron chi connectivity index (χ2n) is 5.70. The van der Waals surface area contributed by atoms with Crippen LogP contribution in [0.2, 0.25) is 0 Å². The van der Waals surface area contributed by atoms with Crippen LogP contribution in [0, 0.1) is 13.8 Å². The first kappa shape index (κ1) is 18.6. The number of anilines is 1. The summed E-state index contributed by atoms with van der Waals surface area (Å²) in [5.41, 5.74) is 5.33. The van der Waals surface area contributed by atoms with E-state index in [1.165, 1.54) is 6.21 Å². The third kappa shape index (κ3) is 5.68. The number of hydrazone groups is 1. The highest BCUT2D eigenvalue weighted by Crippen LogP contribution is 2.21. The molecule has 0 unspecified atom stereocenters. The first-order chi connectivity index (χ1) is 11.8. The molecular formula is C17H20N4O3S. The minimum Gasteiger partial charge on any atom is -0.271 e. The van der Waals surface area contributed by atoms with Crippen molar-refractivity contribution in [3.05, 3.63) is 59.4 Å². The number of carbonyl (C=O) groups excluding carboxylic acids is 1. The smallest absolute Gasteiger partial charge is 0.260 e. The fourth-order valence-corrected chi connectivity index (χ4v) is 3.13. The van der Waals surface area contributed by atoms with Crippen molar-refractivity contribution in [2.45, 2.75) is 13.8 Å². The Bertz CT molecular complexity index is 860. The fourth-order valence-electron chi connectivity index (χ4n) is 2.29. The van der Waals surface area contributed by atoms with E-state index in [9.17, 15) is 13.2 Å². The molecule has 0 fully saturated rings. The molecule has 1 heterocycles. The first-order valence-corrected chi connectivity index (χ1v) is 9.38. The molecule has 1 aromatic carbocycles. The van der Waals surface area contributed by atoms with Crippen LogP contribution in [0.4, 0.5) is 5.69 Å². The summed E-state index contributed by atoms with van der Waals surface area (Å²) in [4.78, 5) is 16.0. The van der Waals surface area contributed by atoms with Crippen LogP contribution < -0.4 is 9.73 Å². The average Bonchev–Trinajstić information content (AvgIpc) is 2.51. The zero-order chi connectivity index (χ0) is 18.4. The molecule has 2 rings (SSSR count). The Morgan fingerprint density at radius 3 is 2.52 bits per heavy atom. The topological polar surface area (TPSA) is 91.7 Å². The predicted molar refractivity (Wildman–Crippen MR) is 98.1 cm³/mol. The third-order valence-electron chi connectivity index (χ3n) is 3.27. The van der Waals surface area contributed by atoms with E-state index in [0.29, 0.717) is 5.69 Å². The highest BCUT2D eigenvalue weighted by molar-refractivity contribution is 7.92. The Hall–Kier alpha value is -2.74. The van der Waals surface area contributed by atoms with E-state index in [0.717, 1.165) is 27.3 Å². The number of carbonyl (C=O) groups is 1. The van der Waals surface area contributed by atoms with Gasteiger partial charge < -0.3 is 0 Å². The molecule has 132 valence electrons. The largest absolute Gasteiger partial charge is 0.271 e. The van der Waals surface area contributed by atoms with Crippen molar-refractivity contribution in [3.8, 4) is 0 Å². The third-order valence-corrected chi connectivity index (χ3v) is 4.41. The van der Waals surface area contributed by atoms with E-state index < -0.39 is 15.9 Å². The standard InChI is InChI=1S/C17H20N4O3S/c1-13-7-14(2)9-16(8-13)21(25(3,23)24)12-17(22)20-19-11-15-5-4-6-18-10-15/h4-11H,12H2,1-3H3,(H,20,22)/b19-11-. The van der Waals surface area contributed by atoms with Gasteiger partial charge in [0.15, 0.2) is 0 Å². The summed E-state index contributed by atoms with van der Waals surface area (Å²) in [5.74, 6) is -0.537. The van der Waals surface area contributed by atoms with Gasteiger partial charge in [-0.05, 0) is 43.2 Å². The predicted octanol–water partition coefficient (Wildman–Crippen LogP) is 1.61. The van der Waals surface area contributed by atoms with Gasteiger partial charge in [-0.25, -0.2) is 13.8 Å². The van der Waals surface area contributed by atoms with Crippen molar-refractivity contribution in [3.63, 3.8) is 0 Å². The molecule has 0 saturated heterocycles. The van der Waals surface area contributed by atoms with Crippen molar-refractivity contribution in [1.29, 1.82) is 0 Å². The number of pyridine rings is 1. The molecule has 1 aromatic heterocycles. The van der Waals surface area contributed by atoms with Gasteiger partial charge >= 0.3 is 0 Å². The van der Waals surface area contributed by atoms with Crippen LogP contribution in [-0.4, -0.2) is 38.3 Å². The van der Waals surface area contributed by atoms with Crippen LogP contribution in [-0.2, 0) is 14.8 Å². The lowest BCUT2D eigenvalue weighted by Crippen LogP contribution is -2.39. The maximum Gasteiger partial charge on any atom is 0.260 e. The zero-order valence-corrected chi connectivity index (χ0v) is 15.1. The molecule has 0 spiro atoms. The number of aryl methyl sites for hydroxylation is 2. The molecule has 0 saturated carbocycles. The monoisotopic (exact) mass is 360 g/mol. The molecule has 1 N–H and O–H groups in total. The quantitative estimate of drug-likeness (QED) is 0.626. The number of aromatic nitrogens is 1. The van der Waals surface area contributed by atoms with Crippen molar-refractivity contribution < 1.29 is 13.2 Å². The molecule has 0 aliphatic heterocycles. The molecule has 1 amide bonds. The Kier molecular flexibility index (Phi) is 5.87. The summed E-state index contributed by atoms with van der Waals surface area (Å²) in [5, 5.41) is 3.82.